The molecular weight excluding hydrogens is 272 g/mol. The van der Waals surface area contributed by atoms with Gasteiger partial charge >= 0.3 is 0 Å². The molecule has 1 saturated heterocycles. The van der Waals surface area contributed by atoms with Gasteiger partial charge in [0.1, 0.15) is 11.6 Å². The van der Waals surface area contributed by atoms with Gasteiger partial charge in [0.05, 0.1) is 5.60 Å². The summed E-state index contributed by atoms with van der Waals surface area (Å²) in [6, 6.07) is 4.04. The van der Waals surface area contributed by atoms with Gasteiger partial charge in [0.2, 0.25) is 0 Å². The zero-order valence-corrected chi connectivity index (χ0v) is 12.5. The van der Waals surface area contributed by atoms with Gasteiger partial charge in [-0.05, 0) is 69.2 Å². The lowest BCUT2D eigenvalue weighted by Crippen LogP contribution is -2.50. The molecule has 2 aliphatic rings. The third-order valence-electron chi connectivity index (χ3n) is 5.11. The third-order valence-corrected chi connectivity index (χ3v) is 5.11. The van der Waals surface area contributed by atoms with Gasteiger partial charge in [-0.2, -0.15) is 0 Å². The molecule has 1 heterocycles. The Bertz CT molecular complexity index is 481. The minimum atomic E-state index is -0.498. The molecule has 2 nitrogen and oxygen atoms in total. The van der Waals surface area contributed by atoms with E-state index in [1.165, 1.54) is 18.6 Å². The molecule has 1 aromatic rings. The summed E-state index contributed by atoms with van der Waals surface area (Å²) in [5.74, 6) is -0.486. The molecule has 1 N–H and O–H groups in total. The average molecular weight is 295 g/mol. The Morgan fingerprint density at radius 1 is 1.29 bits per heavy atom. The van der Waals surface area contributed by atoms with Crippen molar-refractivity contribution in [3.63, 3.8) is 0 Å². The second kappa shape index (κ2) is 6.01. The Morgan fingerprint density at radius 2 is 2.00 bits per heavy atom. The lowest BCUT2D eigenvalue weighted by molar-refractivity contribution is -0.146. The highest BCUT2D eigenvalue weighted by Gasteiger charge is 2.44. The summed E-state index contributed by atoms with van der Waals surface area (Å²) < 4.78 is 32.6. The summed E-state index contributed by atoms with van der Waals surface area (Å²) in [6.07, 6.45) is 6.32. The van der Waals surface area contributed by atoms with Crippen molar-refractivity contribution in [2.45, 2.75) is 50.2 Å². The van der Waals surface area contributed by atoms with E-state index in [4.69, 9.17) is 4.74 Å². The fourth-order valence-electron chi connectivity index (χ4n) is 3.82. The fraction of sp³-hybridized carbons (Fsp3) is 0.647. The first-order valence-corrected chi connectivity index (χ1v) is 7.86. The van der Waals surface area contributed by atoms with Crippen LogP contribution in [0.5, 0.6) is 0 Å². The second-order valence-electron chi connectivity index (χ2n) is 6.51. The maximum atomic E-state index is 13.3. The molecule has 0 radical (unpaired) electrons. The molecule has 1 aliphatic carbocycles. The number of hydrogen-bond acceptors (Lipinski definition) is 2. The molecule has 2 unspecified atom stereocenters. The summed E-state index contributed by atoms with van der Waals surface area (Å²) in [4.78, 5) is 0. The zero-order chi connectivity index (χ0) is 14.9. The van der Waals surface area contributed by atoms with E-state index in [1.807, 2.05) is 7.05 Å². The molecule has 21 heavy (non-hydrogen) atoms. The summed E-state index contributed by atoms with van der Waals surface area (Å²) >= 11 is 0. The van der Waals surface area contributed by atoms with Crippen LogP contribution in [0.4, 0.5) is 8.78 Å². The van der Waals surface area contributed by atoms with Gasteiger partial charge in [-0.15, -0.1) is 0 Å². The van der Waals surface area contributed by atoms with Gasteiger partial charge in [0.25, 0.3) is 0 Å². The molecule has 0 aromatic heterocycles. The zero-order valence-electron chi connectivity index (χ0n) is 12.5. The van der Waals surface area contributed by atoms with E-state index in [1.54, 1.807) is 0 Å². The first-order chi connectivity index (χ1) is 10.1. The maximum Gasteiger partial charge on any atom is 0.126 e. The molecule has 116 valence electrons. The van der Waals surface area contributed by atoms with Gasteiger partial charge in [0, 0.05) is 18.7 Å². The Balaban J connectivity index is 1.69. The van der Waals surface area contributed by atoms with Gasteiger partial charge in [-0.25, -0.2) is 8.78 Å². The topological polar surface area (TPSA) is 21.3 Å². The first-order valence-electron chi connectivity index (χ1n) is 7.86. The number of hydrogen-bond donors (Lipinski definition) is 1. The minimum absolute atomic E-state index is 0.102. The van der Waals surface area contributed by atoms with Crippen LogP contribution in [0.15, 0.2) is 18.2 Å². The molecular formula is C17H23F2NO. The van der Waals surface area contributed by atoms with E-state index < -0.39 is 11.6 Å². The highest BCUT2D eigenvalue weighted by Crippen LogP contribution is 2.45. The normalized spacial score (nSPS) is 25.6. The van der Waals surface area contributed by atoms with Crippen molar-refractivity contribution in [1.82, 2.24) is 5.32 Å². The lowest BCUT2D eigenvalue weighted by atomic mass is 9.70. The Morgan fingerprint density at radius 3 is 2.57 bits per heavy atom. The highest BCUT2D eigenvalue weighted by molar-refractivity contribution is 5.19. The van der Waals surface area contributed by atoms with Crippen molar-refractivity contribution in [2.24, 2.45) is 5.92 Å². The van der Waals surface area contributed by atoms with Crippen LogP contribution < -0.4 is 5.32 Å². The van der Waals surface area contributed by atoms with Crippen LogP contribution in [0.2, 0.25) is 0 Å². The average Bonchev–Trinajstić information content (AvgIpc) is 2.42. The summed E-state index contributed by atoms with van der Waals surface area (Å²) in [7, 11) is 1.93. The number of likely N-dealkylation sites (N-methyl/N-ethyl adjacent to an activating group) is 1. The van der Waals surface area contributed by atoms with E-state index in [9.17, 15) is 8.78 Å². The van der Waals surface area contributed by atoms with Crippen molar-refractivity contribution in [2.75, 3.05) is 13.7 Å². The number of nitrogens with one attached hydrogen (secondary N) is 1. The highest BCUT2D eigenvalue weighted by atomic mass is 19.1. The largest absolute Gasteiger partial charge is 0.375 e. The second-order valence-corrected chi connectivity index (χ2v) is 6.51. The van der Waals surface area contributed by atoms with Crippen LogP contribution in [0, 0.1) is 17.6 Å². The number of rotatable bonds is 4. The van der Waals surface area contributed by atoms with E-state index in [0.717, 1.165) is 43.9 Å². The number of halogens is 2. The smallest absolute Gasteiger partial charge is 0.126 e. The van der Waals surface area contributed by atoms with Crippen molar-refractivity contribution < 1.29 is 13.5 Å². The van der Waals surface area contributed by atoms with Crippen LogP contribution in [-0.4, -0.2) is 25.3 Å². The summed E-state index contributed by atoms with van der Waals surface area (Å²) in [5, 5.41) is 3.34. The van der Waals surface area contributed by atoms with Gasteiger partial charge in [-0.1, -0.05) is 0 Å². The monoisotopic (exact) mass is 295 g/mol. The molecule has 1 aromatic carbocycles. The third kappa shape index (κ3) is 3.27. The quantitative estimate of drug-likeness (QED) is 0.918. The summed E-state index contributed by atoms with van der Waals surface area (Å²) in [5.41, 5.74) is 0.826. The first kappa shape index (κ1) is 14.9. The van der Waals surface area contributed by atoms with Crippen LogP contribution in [0.1, 0.15) is 37.7 Å². The molecule has 1 saturated carbocycles. The van der Waals surface area contributed by atoms with Crippen molar-refractivity contribution in [3.05, 3.63) is 35.4 Å². The van der Waals surface area contributed by atoms with E-state index in [-0.39, 0.29) is 11.6 Å². The number of ether oxygens (including phenoxy) is 1. The SMILES string of the molecule is CNC(Cc1cc(F)cc(F)c1)C1CCOC2(CCC2)C1. The van der Waals surface area contributed by atoms with Crippen LogP contribution in [0.25, 0.3) is 0 Å². The molecule has 0 bridgehead atoms. The van der Waals surface area contributed by atoms with Gasteiger partial charge in [-0.3, -0.25) is 0 Å². The van der Waals surface area contributed by atoms with Crippen molar-refractivity contribution in [1.29, 1.82) is 0 Å². The maximum absolute atomic E-state index is 13.3. The van der Waals surface area contributed by atoms with Crippen LogP contribution in [0.3, 0.4) is 0 Å². The van der Waals surface area contributed by atoms with Crippen LogP contribution >= 0.6 is 0 Å². The van der Waals surface area contributed by atoms with E-state index >= 15 is 0 Å². The van der Waals surface area contributed by atoms with E-state index in [2.05, 4.69) is 5.32 Å². The van der Waals surface area contributed by atoms with Crippen molar-refractivity contribution in [3.8, 4) is 0 Å². The predicted molar refractivity (Wildman–Crippen MR) is 78.2 cm³/mol. The molecule has 1 aliphatic heterocycles. The Kier molecular flexibility index (Phi) is 4.27. The minimum Gasteiger partial charge on any atom is -0.375 e. The molecule has 1 spiro atoms. The molecule has 2 atom stereocenters. The standard InChI is InChI=1S/C17H23F2NO/c1-20-16(9-12-7-14(18)10-15(19)8-12)13-3-6-21-17(11-13)4-2-5-17/h7-8,10,13,16,20H,2-6,9,11H2,1H3. The molecule has 0 amide bonds. The van der Waals surface area contributed by atoms with Crippen LogP contribution in [-0.2, 0) is 11.2 Å². The van der Waals surface area contributed by atoms with Gasteiger partial charge in [0.15, 0.2) is 0 Å². The number of benzene rings is 1. The Labute approximate surface area is 124 Å². The van der Waals surface area contributed by atoms with Crippen molar-refractivity contribution >= 4 is 0 Å². The van der Waals surface area contributed by atoms with E-state index in [0.29, 0.717) is 12.3 Å². The predicted octanol–water partition coefficient (Wildman–Crippen LogP) is 3.44. The lowest BCUT2D eigenvalue weighted by Gasteiger charge is -2.48. The fourth-order valence-corrected chi connectivity index (χ4v) is 3.82. The molecule has 2 fully saturated rings. The Hall–Kier alpha value is -1.00. The summed E-state index contributed by atoms with van der Waals surface area (Å²) in [6.45, 7) is 0.806. The molecule has 4 heteroatoms. The molecule has 3 rings (SSSR count). The van der Waals surface area contributed by atoms with Gasteiger partial charge < -0.3 is 10.1 Å².